The zero-order valence-corrected chi connectivity index (χ0v) is 18.5. The van der Waals surface area contributed by atoms with Gasteiger partial charge in [0, 0.05) is 36.2 Å². The molecule has 0 amide bonds. The number of methoxy groups -OCH3 is 1. The van der Waals surface area contributed by atoms with Gasteiger partial charge in [0.25, 0.3) is 5.69 Å². The number of nitro groups is 1. The van der Waals surface area contributed by atoms with Gasteiger partial charge in [-0.3, -0.25) is 19.4 Å². The lowest BCUT2D eigenvalue weighted by Gasteiger charge is -2.07. The minimum atomic E-state index is -0.379. The largest absolute Gasteiger partial charge is 0.497 e. The van der Waals surface area contributed by atoms with E-state index >= 15 is 0 Å². The number of nitrogens with zero attached hydrogens (tertiary/aromatic N) is 6. The summed E-state index contributed by atoms with van der Waals surface area (Å²) < 4.78 is 10.9. The van der Waals surface area contributed by atoms with E-state index in [1.165, 1.54) is 6.07 Å². The van der Waals surface area contributed by atoms with E-state index in [0.717, 1.165) is 45.2 Å². The number of ether oxygens (including phenoxy) is 1. The van der Waals surface area contributed by atoms with Gasteiger partial charge in [0.15, 0.2) is 0 Å². The smallest absolute Gasteiger partial charge is 0.271 e. The van der Waals surface area contributed by atoms with Gasteiger partial charge in [-0.2, -0.15) is 10.2 Å². The number of imidazole rings is 1. The Morgan fingerprint density at radius 2 is 1.85 bits per heavy atom. The molecule has 3 aromatic heterocycles. The van der Waals surface area contributed by atoms with Crippen molar-refractivity contribution < 1.29 is 9.66 Å². The van der Waals surface area contributed by atoms with Crippen LogP contribution in [0.4, 0.5) is 5.69 Å². The molecule has 0 aliphatic heterocycles. The maximum absolute atomic E-state index is 11.3. The summed E-state index contributed by atoms with van der Waals surface area (Å²) in [7, 11) is 1.65. The molecule has 0 saturated heterocycles. The third kappa shape index (κ3) is 3.73. The van der Waals surface area contributed by atoms with Crippen molar-refractivity contribution in [2.24, 2.45) is 0 Å². The van der Waals surface area contributed by atoms with Crippen LogP contribution in [-0.4, -0.2) is 36.0 Å². The molecule has 0 N–H and O–H groups in total. The fourth-order valence-electron chi connectivity index (χ4n) is 3.92. The number of aromatic nitrogens is 5. The fraction of sp³-hybridized carbons (Fsp3) is 0.167. The van der Waals surface area contributed by atoms with Gasteiger partial charge < -0.3 is 4.74 Å². The first-order chi connectivity index (χ1) is 15.9. The highest BCUT2D eigenvalue weighted by Crippen LogP contribution is 2.27. The van der Waals surface area contributed by atoms with Crippen LogP contribution < -0.4 is 4.74 Å². The lowest BCUT2D eigenvalue weighted by molar-refractivity contribution is -0.384. The highest BCUT2D eigenvalue weighted by atomic mass is 16.6. The Morgan fingerprint density at radius 3 is 2.58 bits per heavy atom. The molecule has 0 unspecified atom stereocenters. The normalized spacial score (nSPS) is 11.2. The van der Waals surface area contributed by atoms with Crippen molar-refractivity contribution in [1.82, 2.24) is 24.0 Å². The van der Waals surface area contributed by atoms with Gasteiger partial charge >= 0.3 is 0 Å². The van der Waals surface area contributed by atoms with Crippen molar-refractivity contribution in [3.63, 3.8) is 0 Å². The van der Waals surface area contributed by atoms with E-state index in [1.54, 1.807) is 25.4 Å². The number of hydrogen-bond donors (Lipinski definition) is 0. The Morgan fingerprint density at radius 1 is 1.06 bits per heavy atom. The van der Waals surface area contributed by atoms with Gasteiger partial charge in [0.1, 0.15) is 11.4 Å². The second-order valence-electron chi connectivity index (χ2n) is 7.94. The lowest BCUT2D eigenvalue weighted by atomic mass is 10.1. The first kappa shape index (κ1) is 20.5. The molecule has 0 aliphatic carbocycles. The number of rotatable bonds is 6. The minimum absolute atomic E-state index is 0.0552. The second kappa shape index (κ2) is 7.94. The van der Waals surface area contributed by atoms with Crippen LogP contribution in [0.5, 0.6) is 5.75 Å². The van der Waals surface area contributed by atoms with Crippen LogP contribution >= 0.6 is 0 Å². The van der Waals surface area contributed by atoms with Gasteiger partial charge in [0.2, 0.25) is 0 Å². The van der Waals surface area contributed by atoms with Crippen molar-refractivity contribution >= 4 is 11.3 Å². The number of non-ortho nitro benzene ring substituents is 1. The Balaban J connectivity index is 1.49. The molecule has 2 aromatic carbocycles. The second-order valence-corrected chi connectivity index (χ2v) is 7.94. The van der Waals surface area contributed by atoms with E-state index < -0.39 is 0 Å². The first-order valence-electron chi connectivity index (χ1n) is 10.4. The van der Waals surface area contributed by atoms with Gasteiger partial charge in [-0.15, -0.1) is 0 Å². The van der Waals surface area contributed by atoms with E-state index in [9.17, 15) is 10.1 Å². The summed E-state index contributed by atoms with van der Waals surface area (Å²) in [6.45, 7) is 4.53. The SMILES string of the molecule is COc1ccc(Cn2cc(-c3cc4n(-c5cc([N+](=O)[O-])ccc5C)cc(C)n4n3)cn2)cc1. The zero-order valence-electron chi connectivity index (χ0n) is 18.5. The predicted molar refractivity (Wildman–Crippen MR) is 124 cm³/mol. The number of nitro benzene ring substituents is 1. The van der Waals surface area contributed by atoms with E-state index in [4.69, 9.17) is 9.84 Å². The molecule has 5 rings (SSSR count). The molecule has 0 saturated carbocycles. The molecule has 0 bridgehead atoms. The molecule has 9 nitrogen and oxygen atoms in total. The van der Waals surface area contributed by atoms with E-state index in [2.05, 4.69) is 5.10 Å². The van der Waals surface area contributed by atoms with Crippen molar-refractivity contribution in [3.8, 4) is 22.7 Å². The van der Waals surface area contributed by atoms with Crippen LogP contribution in [-0.2, 0) is 6.54 Å². The zero-order chi connectivity index (χ0) is 23.1. The topological polar surface area (TPSA) is 92.4 Å². The molecular weight excluding hydrogens is 420 g/mol. The maximum Gasteiger partial charge on any atom is 0.271 e. The summed E-state index contributed by atoms with van der Waals surface area (Å²) in [6, 6.07) is 14.7. The summed E-state index contributed by atoms with van der Waals surface area (Å²) in [4.78, 5) is 10.9. The highest BCUT2D eigenvalue weighted by Gasteiger charge is 2.17. The highest BCUT2D eigenvalue weighted by molar-refractivity contribution is 5.66. The average molecular weight is 442 g/mol. The van der Waals surface area contributed by atoms with Gasteiger partial charge in [-0.1, -0.05) is 18.2 Å². The first-order valence-corrected chi connectivity index (χ1v) is 10.4. The summed E-state index contributed by atoms with van der Waals surface area (Å²) in [5, 5.41) is 20.5. The number of aryl methyl sites for hydroxylation is 2. The molecule has 0 atom stereocenters. The number of benzene rings is 2. The monoisotopic (exact) mass is 442 g/mol. The van der Waals surface area contributed by atoms with E-state index in [1.807, 2.05) is 70.3 Å². The lowest BCUT2D eigenvalue weighted by Crippen LogP contribution is -1.99. The number of hydrogen-bond acceptors (Lipinski definition) is 5. The fourth-order valence-corrected chi connectivity index (χ4v) is 3.92. The van der Waals surface area contributed by atoms with Gasteiger partial charge in [0.05, 0.1) is 41.8 Å². The number of fused-ring (bicyclic) bond motifs is 1. The maximum atomic E-state index is 11.3. The van der Waals surface area contributed by atoms with Crippen molar-refractivity contribution in [2.45, 2.75) is 20.4 Å². The Hall–Kier alpha value is -4.40. The summed E-state index contributed by atoms with van der Waals surface area (Å²) in [5.41, 5.74) is 6.29. The molecule has 0 aliphatic rings. The Kier molecular flexibility index (Phi) is 4.93. The third-order valence-corrected chi connectivity index (χ3v) is 5.68. The summed E-state index contributed by atoms with van der Waals surface area (Å²) in [6.07, 6.45) is 5.69. The van der Waals surface area contributed by atoms with Gasteiger partial charge in [-0.05, 0) is 37.1 Å². The molecule has 5 aromatic rings. The Bertz CT molecular complexity index is 1480. The molecule has 33 heavy (non-hydrogen) atoms. The van der Waals surface area contributed by atoms with Crippen LogP contribution in [0.3, 0.4) is 0 Å². The van der Waals surface area contributed by atoms with Crippen LogP contribution in [0.1, 0.15) is 16.8 Å². The van der Waals surface area contributed by atoms with E-state index in [-0.39, 0.29) is 10.6 Å². The van der Waals surface area contributed by atoms with Crippen LogP contribution in [0.2, 0.25) is 0 Å². The predicted octanol–water partition coefficient (Wildman–Crippen LogP) is 4.57. The van der Waals surface area contributed by atoms with Crippen LogP contribution in [0.25, 0.3) is 22.6 Å². The molecule has 166 valence electrons. The van der Waals surface area contributed by atoms with Crippen LogP contribution in [0.15, 0.2) is 67.1 Å². The average Bonchev–Trinajstić information content (AvgIpc) is 3.51. The molecular formula is C24H22N6O3. The standard InChI is InChI=1S/C24H22N6O3/c1-16-4-7-20(30(31)32)10-23(16)28-13-17(2)29-24(28)11-22(26-29)19-12-25-27(15-19)14-18-5-8-21(33-3)9-6-18/h4-13,15H,14H2,1-3H3. The quantitative estimate of drug-likeness (QED) is 0.284. The molecule has 9 heteroatoms. The van der Waals surface area contributed by atoms with Crippen molar-refractivity contribution in [1.29, 1.82) is 0 Å². The van der Waals surface area contributed by atoms with Crippen molar-refractivity contribution in [3.05, 3.63) is 94.1 Å². The minimum Gasteiger partial charge on any atom is -0.497 e. The molecule has 0 radical (unpaired) electrons. The van der Waals surface area contributed by atoms with Crippen LogP contribution in [0, 0.1) is 24.0 Å². The van der Waals surface area contributed by atoms with E-state index in [0.29, 0.717) is 6.54 Å². The van der Waals surface area contributed by atoms with Gasteiger partial charge in [-0.25, -0.2) is 4.52 Å². The Labute approximate surface area is 189 Å². The van der Waals surface area contributed by atoms with Crippen molar-refractivity contribution in [2.75, 3.05) is 7.11 Å². The molecule has 0 spiro atoms. The molecule has 3 heterocycles. The third-order valence-electron chi connectivity index (χ3n) is 5.68. The summed E-state index contributed by atoms with van der Waals surface area (Å²) in [5.74, 6) is 0.819. The molecule has 0 fully saturated rings. The summed E-state index contributed by atoms with van der Waals surface area (Å²) >= 11 is 0.